The van der Waals surface area contributed by atoms with Crippen LogP contribution in [0.25, 0.3) is 0 Å². The summed E-state index contributed by atoms with van der Waals surface area (Å²) in [6.07, 6.45) is 3.29. The topological polar surface area (TPSA) is 75.3 Å². The Morgan fingerprint density at radius 3 is 2.93 bits per heavy atom. The van der Waals surface area contributed by atoms with Crippen LogP contribution in [0.1, 0.15) is 35.8 Å². The third-order valence-corrected chi connectivity index (χ3v) is 2.61. The second kappa shape index (κ2) is 3.42. The van der Waals surface area contributed by atoms with Crippen molar-refractivity contribution < 1.29 is 15.0 Å². The van der Waals surface area contributed by atoms with Crippen LogP contribution < -0.4 is 0 Å². The summed E-state index contributed by atoms with van der Waals surface area (Å²) in [7, 11) is 0. The highest BCUT2D eigenvalue weighted by Crippen LogP contribution is 2.30. The molecule has 2 N–H and O–H groups in total. The van der Waals surface area contributed by atoms with Crippen LogP contribution in [-0.4, -0.2) is 32.1 Å². The van der Waals surface area contributed by atoms with Crippen molar-refractivity contribution in [1.29, 1.82) is 0 Å². The second-order valence-electron chi connectivity index (χ2n) is 3.59. The van der Waals surface area contributed by atoms with Crippen LogP contribution in [-0.2, 0) is 0 Å². The number of hydrogen-bond acceptors (Lipinski definition) is 3. The molecule has 76 valence electrons. The number of aliphatic hydroxyl groups excluding tert-OH is 1. The third-order valence-electron chi connectivity index (χ3n) is 2.61. The fourth-order valence-electron chi connectivity index (χ4n) is 1.93. The minimum absolute atomic E-state index is 0.0334. The summed E-state index contributed by atoms with van der Waals surface area (Å²) in [6.45, 7) is 0. The average Bonchev–Trinajstić information content (AvgIpc) is 2.70. The Kier molecular flexibility index (Phi) is 2.25. The minimum Gasteiger partial charge on any atom is -0.477 e. The van der Waals surface area contributed by atoms with Gasteiger partial charge in [0.25, 0.3) is 0 Å². The van der Waals surface area contributed by atoms with Crippen LogP contribution in [0.2, 0.25) is 0 Å². The van der Waals surface area contributed by atoms with E-state index >= 15 is 0 Å². The SMILES string of the molecule is O=C(O)c1ccnn1C1CCC(O)C1. The monoisotopic (exact) mass is 196 g/mol. The largest absolute Gasteiger partial charge is 0.477 e. The molecule has 1 heterocycles. The third kappa shape index (κ3) is 1.50. The number of carboxylic acids is 1. The van der Waals surface area contributed by atoms with E-state index in [2.05, 4.69) is 5.10 Å². The Balaban J connectivity index is 2.23. The number of carboxylic acid groups (broad SMARTS) is 1. The summed E-state index contributed by atoms with van der Waals surface area (Å²) in [6, 6.07) is 1.51. The fourth-order valence-corrected chi connectivity index (χ4v) is 1.93. The van der Waals surface area contributed by atoms with E-state index in [1.165, 1.54) is 16.9 Å². The lowest BCUT2D eigenvalue weighted by atomic mass is 10.2. The molecule has 5 heteroatoms. The molecule has 1 aromatic rings. The van der Waals surface area contributed by atoms with Gasteiger partial charge in [-0.1, -0.05) is 0 Å². The van der Waals surface area contributed by atoms with E-state index in [-0.39, 0.29) is 17.8 Å². The second-order valence-corrected chi connectivity index (χ2v) is 3.59. The molecule has 14 heavy (non-hydrogen) atoms. The van der Waals surface area contributed by atoms with Crippen molar-refractivity contribution in [3.05, 3.63) is 18.0 Å². The molecule has 1 aliphatic rings. The maximum atomic E-state index is 10.8. The highest BCUT2D eigenvalue weighted by Gasteiger charge is 2.27. The lowest BCUT2D eigenvalue weighted by Gasteiger charge is -2.11. The van der Waals surface area contributed by atoms with E-state index in [9.17, 15) is 9.90 Å². The van der Waals surface area contributed by atoms with Crippen LogP contribution in [0.4, 0.5) is 0 Å². The first-order valence-electron chi connectivity index (χ1n) is 4.63. The number of aromatic nitrogens is 2. The van der Waals surface area contributed by atoms with Crippen molar-refractivity contribution in [3.8, 4) is 0 Å². The highest BCUT2D eigenvalue weighted by atomic mass is 16.4. The molecule has 2 atom stereocenters. The van der Waals surface area contributed by atoms with Crippen LogP contribution in [0.3, 0.4) is 0 Å². The number of aromatic carboxylic acids is 1. The summed E-state index contributed by atoms with van der Waals surface area (Å²) >= 11 is 0. The molecule has 1 aromatic heterocycles. The zero-order valence-corrected chi connectivity index (χ0v) is 7.63. The van der Waals surface area contributed by atoms with Gasteiger partial charge in [0, 0.05) is 6.20 Å². The lowest BCUT2D eigenvalue weighted by Crippen LogP contribution is -2.15. The van der Waals surface area contributed by atoms with Crippen molar-refractivity contribution in [2.75, 3.05) is 0 Å². The van der Waals surface area contributed by atoms with E-state index < -0.39 is 5.97 Å². The van der Waals surface area contributed by atoms with Crippen molar-refractivity contribution in [2.45, 2.75) is 31.4 Å². The number of rotatable bonds is 2. The molecule has 1 fully saturated rings. The van der Waals surface area contributed by atoms with Gasteiger partial charge in [-0.15, -0.1) is 0 Å². The molecule has 0 amide bonds. The molecule has 2 rings (SSSR count). The molecule has 5 nitrogen and oxygen atoms in total. The summed E-state index contributed by atoms with van der Waals surface area (Å²) in [5.41, 5.74) is 0.198. The smallest absolute Gasteiger partial charge is 0.354 e. The van der Waals surface area contributed by atoms with Crippen molar-refractivity contribution in [1.82, 2.24) is 9.78 Å². The van der Waals surface area contributed by atoms with Gasteiger partial charge >= 0.3 is 5.97 Å². The zero-order valence-electron chi connectivity index (χ0n) is 7.63. The van der Waals surface area contributed by atoms with E-state index in [0.29, 0.717) is 6.42 Å². The highest BCUT2D eigenvalue weighted by molar-refractivity contribution is 5.85. The molecule has 1 saturated carbocycles. The van der Waals surface area contributed by atoms with Gasteiger partial charge in [-0.05, 0) is 25.3 Å². The van der Waals surface area contributed by atoms with Gasteiger partial charge in [-0.3, -0.25) is 4.68 Å². The quantitative estimate of drug-likeness (QED) is 0.728. The predicted molar refractivity (Wildman–Crippen MR) is 48.1 cm³/mol. The van der Waals surface area contributed by atoms with E-state index in [1.54, 1.807) is 0 Å². The van der Waals surface area contributed by atoms with E-state index in [1.807, 2.05) is 0 Å². The van der Waals surface area contributed by atoms with Crippen molar-refractivity contribution in [2.24, 2.45) is 0 Å². The van der Waals surface area contributed by atoms with Crippen LogP contribution in [0, 0.1) is 0 Å². The molecule has 0 aromatic carbocycles. The number of hydrogen-bond donors (Lipinski definition) is 2. The Morgan fingerprint density at radius 1 is 1.57 bits per heavy atom. The number of nitrogens with zero attached hydrogens (tertiary/aromatic N) is 2. The van der Waals surface area contributed by atoms with Crippen LogP contribution >= 0.6 is 0 Å². The summed E-state index contributed by atoms with van der Waals surface area (Å²) in [5, 5.41) is 22.2. The molecule has 0 aliphatic heterocycles. The van der Waals surface area contributed by atoms with Crippen LogP contribution in [0.15, 0.2) is 12.3 Å². The van der Waals surface area contributed by atoms with Gasteiger partial charge in [0.05, 0.1) is 12.1 Å². The van der Waals surface area contributed by atoms with Gasteiger partial charge in [0.2, 0.25) is 0 Å². The van der Waals surface area contributed by atoms with Gasteiger partial charge < -0.3 is 10.2 Å². The summed E-state index contributed by atoms with van der Waals surface area (Å²) < 4.78 is 1.50. The molecule has 0 spiro atoms. The first-order chi connectivity index (χ1) is 6.68. The maximum Gasteiger partial charge on any atom is 0.354 e. The van der Waals surface area contributed by atoms with E-state index in [4.69, 9.17) is 5.11 Å². The van der Waals surface area contributed by atoms with Gasteiger partial charge in [-0.25, -0.2) is 4.79 Å². The van der Waals surface area contributed by atoms with Crippen molar-refractivity contribution in [3.63, 3.8) is 0 Å². The lowest BCUT2D eigenvalue weighted by molar-refractivity contribution is 0.0679. The van der Waals surface area contributed by atoms with E-state index in [0.717, 1.165) is 12.8 Å². The first-order valence-corrected chi connectivity index (χ1v) is 4.63. The van der Waals surface area contributed by atoms with Gasteiger partial charge in [-0.2, -0.15) is 5.10 Å². The molecule has 0 radical (unpaired) electrons. The predicted octanol–water partition coefficient (Wildman–Crippen LogP) is 0.667. The minimum atomic E-state index is -0.969. The maximum absolute atomic E-state index is 10.8. The molecule has 0 bridgehead atoms. The van der Waals surface area contributed by atoms with Gasteiger partial charge in [0.15, 0.2) is 0 Å². The molecule has 1 aliphatic carbocycles. The molecular formula is C9H12N2O3. The Bertz CT molecular complexity index is 348. The molecule has 0 saturated heterocycles. The zero-order chi connectivity index (χ0) is 10.1. The number of aliphatic hydroxyl groups is 1. The molecule has 2 unspecified atom stereocenters. The fraction of sp³-hybridized carbons (Fsp3) is 0.556. The summed E-state index contributed by atoms with van der Waals surface area (Å²) in [4.78, 5) is 10.8. The van der Waals surface area contributed by atoms with Crippen molar-refractivity contribution >= 4 is 5.97 Å². The summed E-state index contributed by atoms with van der Waals surface area (Å²) in [5.74, 6) is -0.969. The Morgan fingerprint density at radius 2 is 2.36 bits per heavy atom. The standard InChI is InChI=1S/C9H12N2O3/c12-7-2-1-6(5-7)11-8(9(13)14)3-4-10-11/h3-4,6-7,12H,1-2,5H2,(H,13,14). The molecular weight excluding hydrogens is 184 g/mol. The number of carbonyl (C=O) groups is 1. The van der Waals surface area contributed by atoms with Gasteiger partial charge in [0.1, 0.15) is 5.69 Å². The van der Waals surface area contributed by atoms with Crippen LogP contribution in [0.5, 0.6) is 0 Å². The Labute approximate surface area is 81.0 Å². The first kappa shape index (κ1) is 9.21. The Hall–Kier alpha value is -1.36. The normalized spacial score (nSPS) is 26.6. The average molecular weight is 196 g/mol.